The minimum atomic E-state index is 0.463. The Kier molecular flexibility index (Phi) is 4.27. The van der Waals surface area contributed by atoms with Crippen molar-refractivity contribution in [2.24, 2.45) is 0 Å². The summed E-state index contributed by atoms with van der Waals surface area (Å²) in [6.45, 7) is 3.98. The van der Waals surface area contributed by atoms with E-state index < -0.39 is 0 Å². The second-order valence-electron chi connectivity index (χ2n) is 6.56. The fourth-order valence-electron chi connectivity index (χ4n) is 3.46. The molecule has 0 fully saturated rings. The molecule has 0 saturated carbocycles. The monoisotopic (exact) mass is 363 g/mol. The van der Waals surface area contributed by atoms with Gasteiger partial charge in [0.15, 0.2) is 0 Å². The third kappa shape index (κ3) is 2.86. The van der Waals surface area contributed by atoms with Gasteiger partial charge in [-0.2, -0.15) is 10.5 Å². The normalized spacial score (nSPS) is 11.4. The summed E-state index contributed by atoms with van der Waals surface area (Å²) in [5.41, 5.74) is 6.50. The number of rotatable bonds is 3. The number of nitriles is 2. The fraction of sp³-hybridized carbons (Fsp3) is 0.0870. The first-order valence-electron chi connectivity index (χ1n) is 8.87. The molecule has 5 heteroatoms. The van der Waals surface area contributed by atoms with Crippen molar-refractivity contribution in [2.45, 2.75) is 13.8 Å². The molecule has 0 radical (unpaired) electrons. The van der Waals surface area contributed by atoms with Gasteiger partial charge in [0.1, 0.15) is 18.0 Å². The number of fused-ring (bicyclic) bond motifs is 1. The largest absolute Gasteiger partial charge is 0.337 e. The van der Waals surface area contributed by atoms with Gasteiger partial charge in [0.05, 0.1) is 27.9 Å². The Balaban J connectivity index is 1.83. The van der Waals surface area contributed by atoms with E-state index in [0.29, 0.717) is 17.0 Å². The number of aryl methyl sites for hydroxylation is 1. The summed E-state index contributed by atoms with van der Waals surface area (Å²) < 4.78 is 2.04. The predicted octanol–water partition coefficient (Wildman–Crippen LogP) is 4.91. The molecular formula is C23H17N5. The van der Waals surface area contributed by atoms with Gasteiger partial charge in [0, 0.05) is 11.4 Å². The maximum atomic E-state index is 9.70. The summed E-state index contributed by atoms with van der Waals surface area (Å²) in [4.78, 5) is 7.73. The fourth-order valence-corrected chi connectivity index (χ4v) is 3.46. The molecule has 0 aliphatic carbocycles. The topological polar surface area (TPSA) is 81.2 Å². The van der Waals surface area contributed by atoms with Crippen LogP contribution >= 0.6 is 0 Å². The molecule has 28 heavy (non-hydrogen) atoms. The summed E-state index contributed by atoms with van der Waals surface area (Å²) >= 11 is 0. The van der Waals surface area contributed by atoms with Gasteiger partial charge in [0.2, 0.25) is 0 Å². The number of hydrogen-bond acceptors (Lipinski definition) is 3. The zero-order valence-corrected chi connectivity index (χ0v) is 15.6. The molecule has 0 unspecified atom stereocenters. The molecule has 2 heterocycles. The lowest BCUT2D eigenvalue weighted by molar-refractivity contribution is 0.960. The lowest BCUT2D eigenvalue weighted by Crippen LogP contribution is -2.01. The van der Waals surface area contributed by atoms with E-state index in [1.165, 1.54) is 0 Å². The van der Waals surface area contributed by atoms with E-state index in [4.69, 9.17) is 0 Å². The van der Waals surface area contributed by atoms with E-state index in [2.05, 4.69) is 22.1 Å². The molecule has 0 spiro atoms. The van der Waals surface area contributed by atoms with Gasteiger partial charge in [-0.1, -0.05) is 24.3 Å². The number of H-pyrrole nitrogens is 1. The summed E-state index contributed by atoms with van der Waals surface area (Å²) in [6.07, 6.45) is 1.84. The Hall–Kier alpha value is -4.09. The van der Waals surface area contributed by atoms with E-state index in [1.54, 1.807) is 6.07 Å². The molecule has 5 nitrogen and oxygen atoms in total. The predicted molar refractivity (Wildman–Crippen MR) is 110 cm³/mol. The van der Waals surface area contributed by atoms with Crippen molar-refractivity contribution >= 4 is 22.7 Å². The quantitative estimate of drug-likeness (QED) is 0.525. The van der Waals surface area contributed by atoms with Crippen molar-refractivity contribution in [3.63, 3.8) is 0 Å². The molecule has 1 N–H and O–H groups in total. The molecule has 4 aromatic rings. The van der Waals surface area contributed by atoms with Crippen LogP contribution in [0.2, 0.25) is 0 Å². The van der Waals surface area contributed by atoms with E-state index in [-0.39, 0.29) is 0 Å². The van der Waals surface area contributed by atoms with Crippen LogP contribution in [-0.2, 0) is 0 Å². The number of aromatic nitrogens is 3. The Morgan fingerprint density at radius 3 is 2.57 bits per heavy atom. The third-order valence-corrected chi connectivity index (χ3v) is 4.80. The first-order chi connectivity index (χ1) is 13.6. The molecule has 134 valence electrons. The van der Waals surface area contributed by atoms with E-state index in [0.717, 1.165) is 33.7 Å². The van der Waals surface area contributed by atoms with E-state index >= 15 is 0 Å². The van der Waals surface area contributed by atoms with Gasteiger partial charge in [-0.15, -0.1) is 0 Å². The number of allylic oxidation sites excluding steroid dienone is 1. The standard InChI is InChI=1S/C23H17N5/c1-15-11-18(16(2)28(15)22-10-6-3-7-17(22)13-24)12-19(14-25)23-26-20-8-4-5-9-21(20)27-23/h3-12H,1-2H3,(H,26,27)/b19-12+. The third-order valence-electron chi connectivity index (χ3n) is 4.80. The highest BCUT2D eigenvalue weighted by Gasteiger charge is 2.14. The Morgan fingerprint density at radius 2 is 1.82 bits per heavy atom. The molecule has 0 amide bonds. The Labute approximate surface area is 162 Å². The number of hydrogen-bond donors (Lipinski definition) is 1. The van der Waals surface area contributed by atoms with Crippen LogP contribution in [0, 0.1) is 36.5 Å². The highest BCUT2D eigenvalue weighted by Crippen LogP contribution is 2.26. The molecular weight excluding hydrogens is 346 g/mol. The first kappa shape index (κ1) is 17.3. The Bertz CT molecular complexity index is 1270. The van der Waals surface area contributed by atoms with E-state index in [1.807, 2.05) is 73.0 Å². The SMILES string of the molecule is Cc1cc(/C=C(\C#N)c2nc3ccccc3[nH]2)c(C)n1-c1ccccc1C#N. The van der Waals surface area contributed by atoms with Gasteiger partial charge >= 0.3 is 0 Å². The molecule has 0 aliphatic heterocycles. The summed E-state index contributed by atoms with van der Waals surface area (Å²) in [7, 11) is 0. The summed E-state index contributed by atoms with van der Waals surface area (Å²) in [6, 6.07) is 21.7. The van der Waals surface area contributed by atoms with Crippen LogP contribution in [0.1, 0.15) is 28.3 Å². The van der Waals surface area contributed by atoms with Gasteiger partial charge in [0.25, 0.3) is 0 Å². The number of nitrogens with zero attached hydrogens (tertiary/aromatic N) is 4. The van der Waals surface area contributed by atoms with Crippen LogP contribution in [0.15, 0.2) is 54.6 Å². The molecule has 0 saturated heterocycles. The smallest absolute Gasteiger partial charge is 0.149 e. The molecule has 0 aliphatic rings. The number of nitrogens with one attached hydrogen (secondary N) is 1. The highest BCUT2D eigenvalue weighted by atomic mass is 15.0. The molecule has 0 atom stereocenters. The van der Waals surface area contributed by atoms with E-state index in [9.17, 15) is 10.5 Å². The highest BCUT2D eigenvalue weighted by molar-refractivity contribution is 5.90. The minimum Gasteiger partial charge on any atom is -0.337 e. The number of benzene rings is 2. The van der Waals surface area contributed by atoms with Crippen LogP contribution in [-0.4, -0.2) is 14.5 Å². The Morgan fingerprint density at radius 1 is 1.07 bits per heavy atom. The maximum absolute atomic E-state index is 9.70. The van der Waals surface area contributed by atoms with Crippen LogP contribution in [0.5, 0.6) is 0 Å². The molecule has 2 aromatic heterocycles. The lowest BCUT2D eigenvalue weighted by atomic mass is 10.1. The first-order valence-corrected chi connectivity index (χ1v) is 8.87. The zero-order chi connectivity index (χ0) is 19.7. The van der Waals surface area contributed by atoms with Crippen LogP contribution in [0.3, 0.4) is 0 Å². The molecule has 2 aromatic carbocycles. The van der Waals surface area contributed by atoms with Crippen molar-refractivity contribution in [3.8, 4) is 17.8 Å². The van der Waals surface area contributed by atoms with Crippen molar-refractivity contribution in [1.29, 1.82) is 10.5 Å². The van der Waals surface area contributed by atoms with Gasteiger partial charge in [-0.25, -0.2) is 4.98 Å². The van der Waals surface area contributed by atoms with Gasteiger partial charge in [-0.05, 0) is 55.8 Å². The second kappa shape index (κ2) is 6.90. The van der Waals surface area contributed by atoms with Crippen LogP contribution < -0.4 is 0 Å². The van der Waals surface area contributed by atoms with Gasteiger partial charge in [-0.3, -0.25) is 0 Å². The van der Waals surface area contributed by atoms with Gasteiger partial charge < -0.3 is 9.55 Å². The maximum Gasteiger partial charge on any atom is 0.149 e. The lowest BCUT2D eigenvalue weighted by Gasteiger charge is -2.11. The molecule has 4 rings (SSSR count). The van der Waals surface area contributed by atoms with Crippen molar-refractivity contribution in [1.82, 2.24) is 14.5 Å². The minimum absolute atomic E-state index is 0.463. The number of aromatic amines is 1. The van der Waals surface area contributed by atoms with Crippen molar-refractivity contribution in [3.05, 3.63) is 82.9 Å². The summed E-state index contributed by atoms with van der Waals surface area (Å²) in [5.74, 6) is 0.547. The van der Waals surface area contributed by atoms with Crippen LogP contribution in [0.25, 0.3) is 28.4 Å². The van der Waals surface area contributed by atoms with Crippen molar-refractivity contribution < 1.29 is 0 Å². The number of para-hydroxylation sites is 3. The number of imidazole rings is 1. The molecule has 0 bridgehead atoms. The zero-order valence-electron chi connectivity index (χ0n) is 15.6. The second-order valence-corrected chi connectivity index (χ2v) is 6.56. The van der Waals surface area contributed by atoms with Crippen molar-refractivity contribution in [2.75, 3.05) is 0 Å². The summed E-state index contributed by atoms with van der Waals surface area (Å²) in [5, 5.41) is 19.1. The average molecular weight is 363 g/mol. The van der Waals surface area contributed by atoms with Crippen LogP contribution in [0.4, 0.5) is 0 Å². The average Bonchev–Trinajstić information content (AvgIpc) is 3.26.